The van der Waals surface area contributed by atoms with Crippen LogP contribution in [0.5, 0.6) is 5.75 Å². The van der Waals surface area contributed by atoms with Crippen LogP contribution in [-0.2, 0) is 19.1 Å². The number of methoxy groups -OCH3 is 1. The Morgan fingerprint density at radius 1 is 1.09 bits per heavy atom. The van der Waals surface area contributed by atoms with Crippen LogP contribution in [0.25, 0.3) is 6.08 Å². The van der Waals surface area contributed by atoms with Gasteiger partial charge in [0.2, 0.25) is 11.8 Å². The highest BCUT2D eigenvalue weighted by Gasteiger charge is 2.73. The molecule has 3 fully saturated rings. The molecule has 0 aromatic heterocycles. The molecule has 0 unspecified atom stereocenters. The number of hydrogen-bond acceptors (Lipinski definition) is 6. The number of benzene rings is 2. The SMILES string of the molecule is CCOC(=O)[C@]12CCCN1[C@@H](/C=C/c1ccccc1OC)[C@H]1C(=O)N(c3ccccc3)C(=O)[C@H]12. The van der Waals surface area contributed by atoms with Crippen LogP contribution in [0.3, 0.4) is 0 Å². The number of anilines is 1. The average Bonchev–Trinajstić information content (AvgIpc) is 3.48. The maximum Gasteiger partial charge on any atom is 0.327 e. The molecule has 2 aromatic carbocycles. The lowest BCUT2D eigenvalue weighted by molar-refractivity contribution is -0.159. The van der Waals surface area contributed by atoms with E-state index < -0.39 is 29.4 Å². The monoisotopic (exact) mass is 460 g/mol. The molecule has 7 nitrogen and oxygen atoms in total. The summed E-state index contributed by atoms with van der Waals surface area (Å²) in [6.45, 7) is 2.61. The van der Waals surface area contributed by atoms with Gasteiger partial charge >= 0.3 is 5.97 Å². The zero-order valence-electron chi connectivity index (χ0n) is 19.3. The molecule has 3 saturated heterocycles. The van der Waals surface area contributed by atoms with E-state index in [2.05, 4.69) is 0 Å². The van der Waals surface area contributed by atoms with Crippen molar-refractivity contribution in [3.05, 3.63) is 66.2 Å². The number of amides is 2. The Morgan fingerprint density at radius 3 is 2.56 bits per heavy atom. The largest absolute Gasteiger partial charge is 0.496 e. The Bertz CT molecular complexity index is 1150. The minimum absolute atomic E-state index is 0.220. The lowest BCUT2D eigenvalue weighted by Crippen LogP contribution is -2.55. The molecule has 3 aliphatic heterocycles. The van der Waals surface area contributed by atoms with Crippen LogP contribution in [0.15, 0.2) is 60.7 Å². The number of ether oxygens (including phenoxy) is 2. The summed E-state index contributed by atoms with van der Waals surface area (Å²) >= 11 is 0. The van der Waals surface area contributed by atoms with Gasteiger partial charge in [-0.15, -0.1) is 0 Å². The van der Waals surface area contributed by atoms with Gasteiger partial charge in [-0.1, -0.05) is 48.6 Å². The third-order valence-corrected chi connectivity index (χ3v) is 7.32. The van der Waals surface area contributed by atoms with Gasteiger partial charge in [0.15, 0.2) is 0 Å². The molecule has 0 bridgehead atoms. The zero-order valence-corrected chi connectivity index (χ0v) is 19.3. The summed E-state index contributed by atoms with van der Waals surface area (Å²) in [6, 6.07) is 16.1. The first-order valence-electron chi connectivity index (χ1n) is 11.7. The van der Waals surface area contributed by atoms with Crippen LogP contribution >= 0.6 is 0 Å². The lowest BCUT2D eigenvalue weighted by atomic mass is 9.78. The number of fused-ring (bicyclic) bond motifs is 3. The van der Waals surface area contributed by atoms with E-state index >= 15 is 0 Å². The molecule has 0 spiro atoms. The number of rotatable bonds is 6. The second kappa shape index (κ2) is 8.72. The summed E-state index contributed by atoms with van der Waals surface area (Å²) in [4.78, 5) is 44.3. The first-order chi connectivity index (χ1) is 16.5. The molecular formula is C27H28N2O5. The zero-order chi connectivity index (χ0) is 23.9. The van der Waals surface area contributed by atoms with Crippen molar-refractivity contribution in [3.63, 3.8) is 0 Å². The van der Waals surface area contributed by atoms with Crippen LogP contribution in [0.2, 0.25) is 0 Å². The van der Waals surface area contributed by atoms with E-state index in [-0.39, 0.29) is 18.4 Å². The molecule has 0 saturated carbocycles. The maximum atomic E-state index is 13.8. The highest BCUT2D eigenvalue weighted by molar-refractivity contribution is 6.24. The molecule has 3 heterocycles. The molecule has 2 amide bonds. The maximum absolute atomic E-state index is 13.8. The number of para-hydroxylation sites is 2. The van der Waals surface area contributed by atoms with Crippen molar-refractivity contribution in [1.82, 2.24) is 4.90 Å². The van der Waals surface area contributed by atoms with E-state index in [4.69, 9.17) is 9.47 Å². The summed E-state index contributed by atoms with van der Waals surface area (Å²) in [5.41, 5.74) is 0.265. The van der Waals surface area contributed by atoms with Crippen LogP contribution in [0.4, 0.5) is 5.69 Å². The van der Waals surface area contributed by atoms with Gasteiger partial charge < -0.3 is 9.47 Å². The topological polar surface area (TPSA) is 76.2 Å². The average molecular weight is 461 g/mol. The Labute approximate surface area is 198 Å². The molecule has 176 valence electrons. The lowest BCUT2D eigenvalue weighted by Gasteiger charge is -2.35. The summed E-state index contributed by atoms with van der Waals surface area (Å²) in [7, 11) is 1.61. The Hall–Kier alpha value is -3.45. The van der Waals surface area contributed by atoms with Crippen molar-refractivity contribution in [2.75, 3.05) is 25.2 Å². The van der Waals surface area contributed by atoms with Gasteiger partial charge in [0, 0.05) is 11.6 Å². The van der Waals surface area contributed by atoms with E-state index in [0.29, 0.717) is 24.4 Å². The van der Waals surface area contributed by atoms with Crippen LogP contribution in [-0.4, -0.2) is 54.5 Å². The normalized spacial score (nSPS) is 28.4. The van der Waals surface area contributed by atoms with E-state index in [0.717, 1.165) is 12.0 Å². The third kappa shape index (κ3) is 3.18. The molecule has 0 aliphatic carbocycles. The van der Waals surface area contributed by atoms with Gasteiger partial charge in [0.1, 0.15) is 11.3 Å². The second-order valence-corrected chi connectivity index (χ2v) is 8.88. The molecule has 34 heavy (non-hydrogen) atoms. The second-order valence-electron chi connectivity index (χ2n) is 8.88. The molecule has 0 N–H and O–H groups in total. The van der Waals surface area contributed by atoms with Crippen molar-refractivity contribution >= 4 is 29.5 Å². The van der Waals surface area contributed by atoms with Crippen molar-refractivity contribution in [2.45, 2.75) is 31.3 Å². The van der Waals surface area contributed by atoms with Crippen molar-refractivity contribution in [1.29, 1.82) is 0 Å². The molecule has 5 rings (SSSR count). The molecule has 3 aliphatic rings. The minimum Gasteiger partial charge on any atom is -0.496 e. The number of hydrogen-bond donors (Lipinski definition) is 0. The Morgan fingerprint density at radius 2 is 1.82 bits per heavy atom. The molecular weight excluding hydrogens is 432 g/mol. The Balaban J connectivity index is 1.61. The van der Waals surface area contributed by atoms with Gasteiger partial charge in [-0.2, -0.15) is 0 Å². The number of nitrogens with zero attached hydrogens (tertiary/aromatic N) is 2. The molecule has 7 heteroatoms. The van der Waals surface area contributed by atoms with Gasteiger partial charge in [-0.3, -0.25) is 19.3 Å². The first kappa shape index (κ1) is 22.3. The highest BCUT2D eigenvalue weighted by Crippen LogP contribution is 2.55. The number of imide groups is 1. The predicted molar refractivity (Wildman–Crippen MR) is 127 cm³/mol. The van der Waals surface area contributed by atoms with Crippen molar-refractivity contribution in [2.24, 2.45) is 11.8 Å². The van der Waals surface area contributed by atoms with Gasteiger partial charge in [0.05, 0.1) is 31.2 Å². The fraction of sp³-hybridized carbons (Fsp3) is 0.370. The van der Waals surface area contributed by atoms with Crippen LogP contribution in [0.1, 0.15) is 25.3 Å². The number of esters is 1. The quantitative estimate of drug-likeness (QED) is 0.486. The summed E-state index contributed by atoms with van der Waals surface area (Å²) in [6.07, 6.45) is 5.12. The van der Waals surface area contributed by atoms with Crippen molar-refractivity contribution < 1.29 is 23.9 Å². The Kier molecular flexibility index (Phi) is 5.73. The van der Waals surface area contributed by atoms with Gasteiger partial charge in [-0.05, 0) is 44.5 Å². The van der Waals surface area contributed by atoms with Crippen LogP contribution < -0.4 is 9.64 Å². The predicted octanol–water partition coefficient (Wildman–Crippen LogP) is 3.29. The van der Waals surface area contributed by atoms with Crippen LogP contribution in [0, 0.1) is 11.8 Å². The minimum atomic E-state index is -1.13. The summed E-state index contributed by atoms with van der Waals surface area (Å²) < 4.78 is 11.0. The fourth-order valence-corrected chi connectivity index (χ4v) is 6.01. The number of carbonyl (C=O) groups is 3. The van der Waals surface area contributed by atoms with E-state index in [1.54, 1.807) is 38.3 Å². The smallest absolute Gasteiger partial charge is 0.327 e. The summed E-state index contributed by atoms with van der Waals surface area (Å²) in [5, 5.41) is 0. The number of carbonyl (C=O) groups excluding carboxylic acids is 3. The molecule has 0 radical (unpaired) electrons. The summed E-state index contributed by atoms with van der Waals surface area (Å²) in [5.74, 6) is -1.74. The molecule has 2 aromatic rings. The van der Waals surface area contributed by atoms with Crippen molar-refractivity contribution in [3.8, 4) is 5.75 Å². The van der Waals surface area contributed by atoms with E-state index in [1.165, 1.54) is 4.90 Å². The van der Waals surface area contributed by atoms with E-state index in [1.807, 2.05) is 47.4 Å². The van der Waals surface area contributed by atoms with E-state index in [9.17, 15) is 14.4 Å². The first-order valence-corrected chi connectivity index (χ1v) is 11.7. The fourth-order valence-electron chi connectivity index (χ4n) is 6.01. The van der Waals surface area contributed by atoms with Gasteiger partial charge in [-0.25, -0.2) is 4.90 Å². The molecule has 4 atom stereocenters. The third-order valence-electron chi connectivity index (χ3n) is 7.32. The highest BCUT2D eigenvalue weighted by atomic mass is 16.5. The standard InChI is InChI=1S/C27H28N2O5/c1-3-34-26(32)27-16-9-17-28(27)20(15-14-18-10-7-8-13-21(18)33-2)22-23(27)25(31)29(24(22)30)19-11-5-4-6-12-19/h4-8,10-15,20,22-23H,3,9,16-17H2,1-2H3/b15-14+/t20-,22+,23-,27+/m0/s1. The van der Waals surface area contributed by atoms with Gasteiger partial charge in [0.25, 0.3) is 0 Å².